The molecule has 2 aromatic carbocycles. The van der Waals surface area contributed by atoms with E-state index in [1.165, 1.54) is 5.56 Å². The Morgan fingerprint density at radius 2 is 2.04 bits per heavy atom. The van der Waals surface area contributed by atoms with Crippen molar-refractivity contribution < 1.29 is 9.26 Å². The molecule has 0 saturated heterocycles. The lowest BCUT2D eigenvalue weighted by Crippen LogP contribution is -2.29. The normalized spacial score (nSPS) is 13.5. The number of nitrogens with two attached hydrogens (primary N) is 1. The summed E-state index contributed by atoms with van der Waals surface area (Å²) >= 11 is 0. The quantitative estimate of drug-likeness (QED) is 0.708. The molecular formula is C20H22N4O2. The summed E-state index contributed by atoms with van der Waals surface area (Å²) < 4.78 is 10.9. The van der Waals surface area contributed by atoms with Crippen LogP contribution in [-0.2, 0) is 13.0 Å². The van der Waals surface area contributed by atoms with Crippen LogP contribution < -0.4 is 15.4 Å². The van der Waals surface area contributed by atoms with Crippen LogP contribution in [0.1, 0.15) is 24.8 Å². The van der Waals surface area contributed by atoms with Crippen molar-refractivity contribution in [3.63, 3.8) is 0 Å². The molecule has 0 fully saturated rings. The van der Waals surface area contributed by atoms with Crippen LogP contribution in [0.4, 0.5) is 11.4 Å². The molecule has 0 unspecified atom stereocenters. The van der Waals surface area contributed by atoms with E-state index in [1.54, 1.807) is 0 Å². The highest BCUT2D eigenvalue weighted by molar-refractivity contribution is 5.66. The van der Waals surface area contributed by atoms with Crippen molar-refractivity contribution in [3.8, 4) is 17.1 Å². The summed E-state index contributed by atoms with van der Waals surface area (Å²) in [4.78, 5) is 6.81. The molecule has 1 aliphatic heterocycles. The van der Waals surface area contributed by atoms with Gasteiger partial charge in [0.15, 0.2) is 0 Å². The molecule has 0 spiro atoms. The summed E-state index contributed by atoms with van der Waals surface area (Å²) in [7, 11) is 0. The highest BCUT2D eigenvalue weighted by Gasteiger charge is 2.21. The second kappa shape index (κ2) is 7.07. The minimum atomic E-state index is 0.584. The van der Waals surface area contributed by atoms with Crippen molar-refractivity contribution in [2.24, 2.45) is 0 Å². The van der Waals surface area contributed by atoms with Crippen molar-refractivity contribution in [1.29, 1.82) is 0 Å². The number of hydrogen-bond acceptors (Lipinski definition) is 6. The number of nitrogens with zero attached hydrogens (tertiary/aromatic N) is 3. The van der Waals surface area contributed by atoms with Gasteiger partial charge in [-0.2, -0.15) is 4.98 Å². The second-order valence-corrected chi connectivity index (χ2v) is 6.34. The van der Waals surface area contributed by atoms with Crippen molar-refractivity contribution >= 4 is 11.4 Å². The van der Waals surface area contributed by atoms with Crippen molar-refractivity contribution in [2.45, 2.75) is 26.3 Å². The van der Waals surface area contributed by atoms with Gasteiger partial charge in [0.25, 0.3) is 0 Å². The Labute approximate surface area is 152 Å². The summed E-state index contributed by atoms with van der Waals surface area (Å²) in [5.41, 5.74) is 10.3. The average Bonchev–Trinajstić information content (AvgIpc) is 3.12. The molecule has 26 heavy (non-hydrogen) atoms. The van der Waals surface area contributed by atoms with Gasteiger partial charge in [0.1, 0.15) is 5.75 Å². The maximum atomic E-state index is 6.12. The molecule has 4 rings (SSSR count). The van der Waals surface area contributed by atoms with E-state index in [9.17, 15) is 0 Å². The standard InChI is InChI=1S/C20H22N4O2/c1-2-25-15-10-8-14(9-11-15)20-22-19(26-23-20)13-24-12-4-5-16-17(21)6-3-7-18(16)24/h3,6-11H,2,4-5,12-13,21H2,1H3. The number of ether oxygens (including phenoxy) is 1. The van der Waals surface area contributed by atoms with Crippen LogP contribution >= 0.6 is 0 Å². The van der Waals surface area contributed by atoms with E-state index in [4.69, 9.17) is 15.0 Å². The van der Waals surface area contributed by atoms with Crippen LogP contribution in [0.5, 0.6) is 5.75 Å². The number of fused-ring (bicyclic) bond motifs is 1. The lowest BCUT2D eigenvalue weighted by molar-refractivity contribution is 0.340. The van der Waals surface area contributed by atoms with Gasteiger partial charge < -0.3 is 19.9 Å². The molecule has 0 atom stereocenters. The van der Waals surface area contributed by atoms with E-state index >= 15 is 0 Å². The Hall–Kier alpha value is -3.02. The van der Waals surface area contributed by atoms with Gasteiger partial charge in [-0.3, -0.25) is 0 Å². The first-order valence-corrected chi connectivity index (χ1v) is 8.92. The summed E-state index contributed by atoms with van der Waals surface area (Å²) in [6.45, 7) is 4.15. The monoisotopic (exact) mass is 350 g/mol. The fourth-order valence-electron chi connectivity index (χ4n) is 3.36. The highest BCUT2D eigenvalue weighted by Crippen LogP contribution is 2.32. The number of benzene rings is 2. The number of rotatable bonds is 5. The third kappa shape index (κ3) is 3.22. The Kier molecular flexibility index (Phi) is 4.48. The van der Waals surface area contributed by atoms with Gasteiger partial charge in [0, 0.05) is 23.5 Å². The Morgan fingerprint density at radius 3 is 2.85 bits per heavy atom. The minimum absolute atomic E-state index is 0.584. The topological polar surface area (TPSA) is 77.4 Å². The molecule has 1 aliphatic rings. The highest BCUT2D eigenvalue weighted by atomic mass is 16.5. The molecule has 6 heteroatoms. The number of aromatic nitrogens is 2. The number of hydrogen-bond donors (Lipinski definition) is 1. The predicted molar refractivity (Wildman–Crippen MR) is 101 cm³/mol. The first-order chi connectivity index (χ1) is 12.7. The fourth-order valence-corrected chi connectivity index (χ4v) is 3.36. The van der Waals surface area contributed by atoms with E-state index in [-0.39, 0.29) is 0 Å². The molecule has 0 amide bonds. The van der Waals surface area contributed by atoms with Gasteiger partial charge in [-0.25, -0.2) is 0 Å². The first kappa shape index (κ1) is 16.4. The molecule has 0 bridgehead atoms. The Bertz CT molecular complexity index is 889. The van der Waals surface area contributed by atoms with E-state index in [0.717, 1.165) is 42.1 Å². The van der Waals surface area contributed by atoms with E-state index in [0.29, 0.717) is 24.9 Å². The van der Waals surface area contributed by atoms with Gasteiger partial charge in [0.2, 0.25) is 11.7 Å². The lowest BCUT2D eigenvalue weighted by atomic mass is 10.00. The smallest absolute Gasteiger partial charge is 0.246 e. The molecule has 3 aromatic rings. The van der Waals surface area contributed by atoms with Gasteiger partial charge in [0.05, 0.1) is 13.2 Å². The first-order valence-electron chi connectivity index (χ1n) is 8.92. The molecule has 0 saturated carbocycles. The third-order valence-electron chi connectivity index (χ3n) is 4.60. The molecule has 134 valence electrons. The van der Waals surface area contributed by atoms with E-state index < -0.39 is 0 Å². The van der Waals surface area contributed by atoms with E-state index in [1.807, 2.05) is 43.3 Å². The van der Waals surface area contributed by atoms with Crippen molar-refractivity contribution in [2.75, 3.05) is 23.8 Å². The maximum Gasteiger partial charge on any atom is 0.246 e. The van der Waals surface area contributed by atoms with Crippen molar-refractivity contribution in [3.05, 3.63) is 53.9 Å². The summed E-state index contributed by atoms with van der Waals surface area (Å²) in [5.74, 6) is 2.03. The average molecular weight is 350 g/mol. The van der Waals surface area contributed by atoms with Gasteiger partial charge in [-0.15, -0.1) is 0 Å². The summed E-state index contributed by atoms with van der Waals surface area (Å²) in [5, 5.41) is 4.12. The zero-order valence-electron chi connectivity index (χ0n) is 14.8. The van der Waals surface area contributed by atoms with Gasteiger partial charge >= 0.3 is 0 Å². The fraction of sp³-hybridized carbons (Fsp3) is 0.300. The van der Waals surface area contributed by atoms with Crippen molar-refractivity contribution in [1.82, 2.24) is 10.1 Å². The lowest BCUT2D eigenvalue weighted by Gasteiger charge is -2.30. The summed E-state index contributed by atoms with van der Waals surface area (Å²) in [6.07, 6.45) is 2.08. The third-order valence-corrected chi connectivity index (χ3v) is 4.60. The Balaban J connectivity index is 1.52. The van der Waals surface area contributed by atoms with Crippen LogP contribution in [0.2, 0.25) is 0 Å². The molecule has 1 aromatic heterocycles. The number of nitrogen functional groups attached to an aromatic ring is 1. The molecule has 6 nitrogen and oxygen atoms in total. The minimum Gasteiger partial charge on any atom is -0.494 e. The van der Waals surface area contributed by atoms with Crippen LogP contribution in [0.3, 0.4) is 0 Å². The summed E-state index contributed by atoms with van der Waals surface area (Å²) in [6, 6.07) is 13.8. The van der Waals surface area contributed by atoms with Gasteiger partial charge in [-0.1, -0.05) is 11.2 Å². The van der Waals surface area contributed by atoms with Crippen LogP contribution in [0.15, 0.2) is 47.0 Å². The number of anilines is 2. The van der Waals surface area contributed by atoms with Crippen LogP contribution in [0.25, 0.3) is 11.4 Å². The molecule has 0 aliphatic carbocycles. The Morgan fingerprint density at radius 1 is 1.19 bits per heavy atom. The molecule has 2 N–H and O–H groups in total. The molecular weight excluding hydrogens is 328 g/mol. The van der Waals surface area contributed by atoms with Crippen LogP contribution in [-0.4, -0.2) is 23.3 Å². The van der Waals surface area contributed by atoms with Gasteiger partial charge in [-0.05, 0) is 61.7 Å². The second-order valence-electron chi connectivity index (χ2n) is 6.34. The maximum absolute atomic E-state index is 6.12. The SMILES string of the molecule is CCOc1ccc(-c2noc(CN3CCCc4c(N)cccc43)n2)cc1. The molecule has 0 radical (unpaired) electrons. The van der Waals surface area contributed by atoms with E-state index in [2.05, 4.69) is 21.1 Å². The molecule has 2 heterocycles. The largest absolute Gasteiger partial charge is 0.494 e. The zero-order chi connectivity index (χ0) is 17.9. The van der Waals surface area contributed by atoms with Crippen LogP contribution in [0, 0.1) is 0 Å². The zero-order valence-corrected chi connectivity index (χ0v) is 14.8. The predicted octanol–water partition coefficient (Wildman–Crippen LogP) is 3.67.